The average molecular weight is 929 g/mol. The van der Waals surface area contributed by atoms with Crippen LogP contribution in [0.1, 0.15) is 50.5 Å². The smallest absolute Gasteiger partial charge is 0.368 e. The number of hydrogen-bond acceptors (Lipinski definition) is 9. The number of nitrogens with one attached hydrogen (secondary N) is 2. The minimum absolute atomic E-state index is 0.00498. The maximum Gasteiger partial charge on any atom is 0.435 e. The first-order valence-electron chi connectivity index (χ1n) is 20.3. The molecular weight excluding hydrogens is 897 g/mol. The Morgan fingerprint density at radius 1 is 0.924 bits per heavy atom. The Balaban J connectivity index is 1.01. The molecule has 21 heteroatoms. The lowest BCUT2D eigenvalue weighted by Crippen LogP contribution is -2.46. The first kappa shape index (κ1) is 42.6. The number of anilines is 2. The van der Waals surface area contributed by atoms with Crippen LogP contribution in [0, 0.1) is 35.2 Å². The lowest BCUT2D eigenvalue weighted by Gasteiger charge is -2.36. The minimum Gasteiger partial charge on any atom is -0.368 e. The van der Waals surface area contributed by atoms with E-state index in [2.05, 4.69) is 42.0 Å². The molecule has 12 nitrogen and oxygen atoms in total. The third-order valence-corrected chi connectivity index (χ3v) is 12.9. The molecule has 1 aliphatic heterocycles. The monoisotopic (exact) mass is 928 g/mol. The number of amides is 2. The fourth-order valence-electron chi connectivity index (χ4n) is 8.73. The van der Waals surface area contributed by atoms with Gasteiger partial charge in [-0.25, -0.2) is 23.1 Å². The molecule has 4 aromatic heterocycles. The molecule has 1 saturated heterocycles. The van der Waals surface area contributed by atoms with Gasteiger partial charge in [0.2, 0.25) is 5.91 Å². The summed E-state index contributed by atoms with van der Waals surface area (Å²) in [6, 6.07) is 14.3. The Labute approximate surface area is 372 Å². The highest BCUT2D eigenvalue weighted by Crippen LogP contribution is 2.58. The van der Waals surface area contributed by atoms with E-state index < -0.39 is 94.7 Å². The number of carbonyl (C=O) groups excluding carboxylic acids is 2. The summed E-state index contributed by atoms with van der Waals surface area (Å²) in [5.41, 5.74) is 3.97. The van der Waals surface area contributed by atoms with Gasteiger partial charge in [-0.1, -0.05) is 29.2 Å². The summed E-state index contributed by atoms with van der Waals surface area (Å²) in [6.45, 7) is 1.25. The number of nitrogens with two attached hydrogens (primary N) is 1. The minimum atomic E-state index is -5.15. The van der Waals surface area contributed by atoms with Gasteiger partial charge in [0.15, 0.2) is 16.5 Å². The first-order valence-corrected chi connectivity index (χ1v) is 21.2. The predicted octanol–water partition coefficient (Wildman–Crippen LogP) is 7.73. The number of primary amides is 1. The Morgan fingerprint density at radius 2 is 1.64 bits per heavy atom. The number of rotatable bonds is 11. The van der Waals surface area contributed by atoms with E-state index in [-0.39, 0.29) is 28.0 Å². The van der Waals surface area contributed by atoms with Crippen LogP contribution in [-0.2, 0) is 29.9 Å². The zero-order valence-corrected chi connectivity index (χ0v) is 34.8. The summed E-state index contributed by atoms with van der Waals surface area (Å²) in [6.07, 6.45) is -2.14. The number of alkyl halides is 5. The molecule has 0 unspecified atom stereocenters. The Kier molecular flexibility index (Phi) is 10.3. The van der Waals surface area contributed by atoms with Gasteiger partial charge >= 0.3 is 12.1 Å². The zero-order valence-electron chi connectivity index (χ0n) is 33.9. The van der Waals surface area contributed by atoms with E-state index in [1.807, 2.05) is 24.3 Å². The van der Waals surface area contributed by atoms with Crippen LogP contribution in [0.2, 0.25) is 0 Å². The number of aromatic amines is 1. The highest BCUT2D eigenvalue weighted by atomic mass is 32.1. The van der Waals surface area contributed by atoms with Crippen LogP contribution in [0.5, 0.6) is 0 Å². The SMILES string of the molecule is NC(=O)c1cc(-c2cc3sc(N4CCN(c5ccc(-c6ncc[nH]6)cc5)CC4)nc3nc2[C@H](Cc2cc(F)cc(F)c2)NC(=O)Cn2nc(C(F)(F)F)c3c2C(F)(F)[C@@H]2C#C[C@H]32)ccc1F. The molecule has 10 rings (SSSR count). The van der Waals surface area contributed by atoms with E-state index in [4.69, 9.17) is 15.7 Å². The largest absolute Gasteiger partial charge is 0.435 e. The van der Waals surface area contributed by atoms with Crippen molar-refractivity contribution >= 4 is 44.3 Å². The van der Waals surface area contributed by atoms with Gasteiger partial charge in [-0.3, -0.25) is 14.3 Å². The van der Waals surface area contributed by atoms with Gasteiger partial charge in [-0.05, 0) is 72.1 Å². The van der Waals surface area contributed by atoms with Crippen LogP contribution >= 0.6 is 11.3 Å². The number of imidazole rings is 1. The van der Waals surface area contributed by atoms with E-state index >= 15 is 8.78 Å². The Morgan fingerprint density at radius 3 is 2.29 bits per heavy atom. The second-order valence-electron chi connectivity index (χ2n) is 16.0. The molecule has 2 amide bonds. The van der Waals surface area contributed by atoms with Crippen LogP contribution in [-0.4, -0.2) is 67.7 Å². The van der Waals surface area contributed by atoms with Gasteiger partial charge in [0.1, 0.15) is 41.4 Å². The van der Waals surface area contributed by atoms with Crippen molar-refractivity contribution in [3.05, 3.63) is 130 Å². The van der Waals surface area contributed by atoms with Crippen molar-refractivity contribution in [1.29, 1.82) is 0 Å². The number of nitrogens with zero attached hydrogens (tertiary/aromatic N) is 7. The average Bonchev–Trinajstić information content (AvgIpc) is 4.04. The van der Waals surface area contributed by atoms with Crippen molar-refractivity contribution in [1.82, 2.24) is 35.0 Å². The van der Waals surface area contributed by atoms with Gasteiger partial charge in [0.05, 0.1) is 27.9 Å². The predicted molar refractivity (Wildman–Crippen MR) is 226 cm³/mol. The van der Waals surface area contributed by atoms with E-state index in [1.165, 1.54) is 17.4 Å². The van der Waals surface area contributed by atoms with Crippen LogP contribution in [0.3, 0.4) is 0 Å². The second-order valence-corrected chi connectivity index (χ2v) is 17.0. The van der Waals surface area contributed by atoms with Crippen molar-refractivity contribution in [2.24, 2.45) is 11.7 Å². The van der Waals surface area contributed by atoms with Gasteiger partial charge in [-0.2, -0.15) is 32.0 Å². The molecule has 4 N–H and O–H groups in total. The molecule has 3 aromatic carbocycles. The number of hydrogen-bond donors (Lipinski definition) is 3. The zero-order chi connectivity index (χ0) is 46.2. The summed E-state index contributed by atoms with van der Waals surface area (Å²) in [5, 5.41) is 6.63. The summed E-state index contributed by atoms with van der Waals surface area (Å²) in [4.78, 5) is 47.7. The van der Waals surface area contributed by atoms with Crippen LogP contribution < -0.4 is 20.9 Å². The molecule has 3 aliphatic rings. The molecule has 5 heterocycles. The molecule has 7 aromatic rings. The number of fused-ring (bicyclic) bond motifs is 4. The maximum atomic E-state index is 15.6. The van der Waals surface area contributed by atoms with Crippen molar-refractivity contribution in [2.45, 2.75) is 37.0 Å². The number of carbonyl (C=O) groups is 2. The first-order chi connectivity index (χ1) is 31.5. The van der Waals surface area contributed by atoms with Crippen LogP contribution in [0.4, 0.5) is 45.9 Å². The standard InChI is InChI=1S/C45H32F8N10O2S/c46-25-15-22(16-26(47)19-25)17-33(57-35(64)21-63-39-36(38(60-63)45(51,52)53)28-6-7-31(28)44(39,49)50)37-29(24-3-8-32(48)30(18-24)40(54)65)20-34-42(58-37)59-43(66-34)62-13-11-61(12-14-62)27-4-1-23(2-5-27)41-55-9-10-56-41/h1-5,8-10,15-16,18-20,28,31,33H,11-14,17,21H2,(H2,54,65)(H,55,56)(H,57,64)/t28-,31+,33-/m0/s1. The normalized spacial score (nSPS) is 17.8. The molecule has 2 aliphatic carbocycles. The lowest BCUT2D eigenvalue weighted by molar-refractivity contribution is -0.142. The highest BCUT2D eigenvalue weighted by molar-refractivity contribution is 7.22. The quantitative estimate of drug-likeness (QED) is 0.0882. The second kappa shape index (κ2) is 16.0. The number of benzene rings is 3. The van der Waals surface area contributed by atoms with Crippen LogP contribution in [0.15, 0.2) is 79.1 Å². The molecule has 0 radical (unpaired) electrons. The van der Waals surface area contributed by atoms with Crippen molar-refractivity contribution < 1.29 is 44.7 Å². The van der Waals surface area contributed by atoms with Gasteiger partial charge in [0.25, 0.3) is 5.91 Å². The summed E-state index contributed by atoms with van der Waals surface area (Å²) >= 11 is 1.27. The number of thiazole rings is 1. The lowest BCUT2D eigenvalue weighted by atomic mass is 9.84. The van der Waals surface area contributed by atoms with Gasteiger partial charge < -0.3 is 25.8 Å². The van der Waals surface area contributed by atoms with Crippen molar-refractivity contribution in [3.8, 4) is 34.4 Å². The molecule has 66 heavy (non-hydrogen) atoms. The highest BCUT2D eigenvalue weighted by Gasteiger charge is 2.62. The number of pyridine rings is 1. The van der Waals surface area contributed by atoms with E-state index in [0.29, 0.717) is 46.8 Å². The topological polar surface area (TPSA) is 151 Å². The number of H-pyrrole nitrogens is 1. The van der Waals surface area contributed by atoms with E-state index in [1.54, 1.807) is 18.5 Å². The third-order valence-electron chi connectivity index (χ3n) is 11.8. The molecule has 0 saturated carbocycles. The Bertz CT molecular complexity index is 3110. The summed E-state index contributed by atoms with van der Waals surface area (Å²) in [7, 11) is 0. The molecule has 336 valence electrons. The molecule has 3 atom stereocenters. The van der Waals surface area contributed by atoms with Gasteiger partial charge in [0, 0.05) is 67.0 Å². The fraction of sp³-hybridized carbons (Fsp3) is 0.244. The van der Waals surface area contributed by atoms with Crippen molar-refractivity contribution in [3.63, 3.8) is 0 Å². The summed E-state index contributed by atoms with van der Waals surface area (Å²) < 4.78 is 119. The summed E-state index contributed by atoms with van der Waals surface area (Å²) in [5.74, 6) is -6.79. The molecular formula is C45H32F8N10O2S. The Hall–Kier alpha value is -7.34. The maximum absolute atomic E-state index is 15.6. The van der Waals surface area contributed by atoms with Crippen LogP contribution in [0.25, 0.3) is 32.9 Å². The molecule has 0 spiro atoms. The van der Waals surface area contributed by atoms with Gasteiger partial charge in [-0.15, -0.1) is 0 Å². The molecule has 1 fully saturated rings. The van der Waals surface area contributed by atoms with E-state index in [0.717, 1.165) is 41.3 Å². The number of piperazine rings is 1. The number of halogens is 8. The fourth-order valence-corrected chi connectivity index (χ4v) is 9.73. The number of aromatic nitrogens is 6. The van der Waals surface area contributed by atoms with E-state index in [9.17, 15) is 35.9 Å². The molecule has 0 bridgehead atoms. The van der Waals surface area contributed by atoms with Crippen molar-refractivity contribution in [2.75, 3.05) is 36.0 Å². The third kappa shape index (κ3) is 7.63.